The van der Waals surface area contributed by atoms with E-state index in [9.17, 15) is 0 Å². The summed E-state index contributed by atoms with van der Waals surface area (Å²) >= 11 is 0. The fraction of sp³-hybridized carbons (Fsp3) is 0.0652. The minimum Gasteiger partial charge on any atom is -0.309 e. The Bertz CT molecular complexity index is 5590. The first-order valence-corrected chi connectivity index (χ1v) is 33.1. The predicted molar refractivity (Wildman–Crippen MR) is 402 cm³/mol. The van der Waals surface area contributed by atoms with Crippen molar-refractivity contribution in [1.82, 2.24) is 0 Å². The summed E-state index contributed by atoms with van der Waals surface area (Å²) in [6.07, 6.45) is 0. The molecule has 2 nitrogen and oxygen atoms in total. The summed E-state index contributed by atoms with van der Waals surface area (Å²) in [6.45, 7) is 9.72. The molecule has 0 bridgehead atoms. The number of anilines is 6. The van der Waals surface area contributed by atoms with Crippen LogP contribution >= 0.6 is 0 Å². The molecule has 0 spiro atoms. The van der Waals surface area contributed by atoms with E-state index >= 15 is 0 Å². The highest BCUT2D eigenvalue weighted by Gasteiger charge is 2.39. The van der Waals surface area contributed by atoms with Gasteiger partial charge in [-0.3, -0.25) is 0 Å². The van der Waals surface area contributed by atoms with E-state index in [0.717, 1.165) is 55.7 Å². The van der Waals surface area contributed by atoms with Crippen LogP contribution in [0.5, 0.6) is 0 Å². The number of nitrogens with zero attached hydrogens (tertiary/aromatic N) is 2. The lowest BCUT2D eigenvalue weighted by atomic mass is 9.81. The lowest BCUT2D eigenvalue weighted by Crippen LogP contribution is -2.18. The largest absolute Gasteiger partial charge is 0.309 e. The minimum absolute atomic E-state index is 0.309. The van der Waals surface area contributed by atoms with Gasteiger partial charge in [-0.15, -0.1) is 0 Å². The van der Waals surface area contributed by atoms with Crippen LogP contribution in [0.1, 0.15) is 49.9 Å². The molecule has 0 aromatic heterocycles. The molecule has 94 heavy (non-hydrogen) atoms. The van der Waals surface area contributed by atoms with E-state index in [1.54, 1.807) is 0 Å². The smallest absolute Gasteiger partial charge is 0.0619 e. The van der Waals surface area contributed by atoms with Crippen molar-refractivity contribution in [3.63, 3.8) is 0 Å². The van der Waals surface area contributed by atoms with Crippen LogP contribution in [0.25, 0.3) is 131 Å². The van der Waals surface area contributed by atoms with Gasteiger partial charge in [0, 0.05) is 55.1 Å². The van der Waals surface area contributed by atoms with Crippen LogP contribution in [-0.2, 0) is 10.8 Å². The zero-order valence-electron chi connectivity index (χ0n) is 52.9. The molecule has 0 amide bonds. The molecule has 0 saturated carbocycles. The topological polar surface area (TPSA) is 6.48 Å². The van der Waals surface area contributed by atoms with Crippen LogP contribution in [0.15, 0.2) is 315 Å². The molecule has 0 atom stereocenters. The highest BCUT2D eigenvalue weighted by Crippen LogP contribution is 2.58. The van der Waals surface area contributed by atoms with Crippen molar-refractivity contribution in [2.45, 2.75) is 38.5 Å². The van der Waals surface area contributed by atoms with Crippen LogP contribution < -0.4 is 9.80 Å². The number of hydrogen-bond acceptors (Lipinski definition) is 2. The third-order valence-corrected chi connectivity index (χ3v) is 21.3. The van der Waals surface area contributed by atoms with Gasteiger partial charge >= 0.3 is 0 Å². The lowest BCUT2D eigenvalue weighted by molar-refractivity contribution is 0.661. The first kappa shape index (κ1) is 54.2. The van der Waals surface area contributed by atoms with E-state index in [1.807, 2.05) is 0 Å². The summed E-state index contributed by atoms with van der Waals surface area (Å²) in [5, 5.41) is 20.2. The summed E-state index contributed by atoms with van der Waals surface area (Å²) in [7, 11) is 0. The van der Waals surface area contributed by atoms with Crippen molar-refractivity contribution in [2.24, 2.45) is 0 Å². The number of rotatable bonds is 8. The Morgan fingerprint density at radius 2 is 0.415 bits per heavy atom. The average molecular weight is 1200 g/mol. The molecule has 0 aliphatic heterocycles. The molecule has 19 rings (SSSR count). The normalized spacial score (nSPS) is 13.5. The van der Waals surface area contributed by atoms with Gasteiger partial charge in [-0.1, -0.05) is 270 Å². The van der Waals surface area contributed by atoms with Gasteiger partial charge in [0.15, 0.2) is 0 Å². The van der Waals surface area contributed by atoms with Crippen LogP contribution in [-0.4, -0.2) is 0 Å². The number of fused-ring (bicyclic) bond motifs is 20. The fourth-order valence-corrected chi connectivity index (χ4v) is 16.8. The van der Waals surface area contributed by atoms with Crippen molar-refractivity contribution >= 4 is 120 Å². The molecule has 2 aliphatic rings. The Morgan fingerprint density at radius 1 is 0.181 bits per heavy atom. The van der Waals surface area contributed by atoms with Crippen molar-refractivity contribution in [3.05, 3.63) is 338 Å². The maximum absolute atomic E-state index is 2.56. The van der Waals surface area contributed by atoms with Crippen molar-refractivity contribution < 1.29 is 0 Å². The van der Waals surface area contributed by atoms with Crippen LogP contribution in [0.3, 0.4) is 0 Å². The third-order valence-electron chi connectivity index (χ3n) is 21.3. The second kappa shape index (κ2) is 20.5. The van der Waals surface area contributed by atoms with E-state index < -0.39 is 0 Å². The van der Waals surface area contributed by atoms with Crippen molar-refractivity contribution in [1.29, 1.82) is 0 Å². The van der Waals surface area contributed by atoms with E-state index in [0.29, 0.717) is 0 Å². The maximum Gasteiger partial charge on any atom is 0.0619 e. The molecule has 0 radical (unpaired) electrons. The van der Waals surface area contributed by atoms with Gasteiger partial charge in [-0.2, -0.15) is 0 Å². The molecule has 17 aromatic carbocycles. The summed E-state index contributed by atoms with van der Waals surface area (Å²) in [5.41, 5.74) is 21.3. The molecule has 2 aliphatic carbocycles. The monoisotopic (exact) mass is 1200 g/mol. The Kier molecular flexibility index (Phi) is 11.8. The molecule has 0 saturated heterocycles. The van der Waals surface area contributed by atoms with Gasteiger partial charge in [-0.05, 0) is 204 Å². The summed E-state index contributed by atoms with van der Waals surface area (Å²) in [5.74, 6) is 0. The molecule has 0 N–H and O–H groups in total. The molecule has 442 valence electrons. The van der Waals surface area contributed by atoms with Crippen molar-refractivity contribution in [2.75, 3.05) is 9.80 Å². The van der Waals surface area contributed by atoms with Gasteiger partial charge in [0.25, 0.3) is 0 Å². The maximum atomic E-state index is 2.56. The summed E-state index contributed by atoms with van der Waals surface area (Å²) in [4.78, 5) is 5.12. The van der Waals surface area contributed by atoms with Gasteiger partial charge in [0.2, 0.25) is 0 Å². The average Bonchev–Trinajstić information content (AvgIpc) is 1.48. The first-order chi connectivity index (χ1) is 46.2. The Hall–Kier alpha value is -11.6. The predicted octanol–water partition coefficient (Wildman–Crippen LogP) is 25.8. The Labute approximate surface area is 547 Å². The zero-order valence-corrected chi connectivity index (χ0v) is 52.9. The summed E-state index contributed by atoms with van der Waals surface area (Å²) < 4.78 is 0. The van der Waals surface area contributed by atoms with Gasteiger partial charge < -0.3 is 9.80 Å². The standard InChI is InChI=1S/C92H64N2/c1-91(2)85-51-63(47-49-73(85)83-53-79-69-31-15-11-27-65(69)67-29-13-17-33-71(67)81(79)55-87(83)91)93(61-43-39-59(40-44-61)57-23-7-5-8-24-57)89-75-35-19-21-37-77(75)90(78-38-22-20-36-76(78)89)94(62-45-41-60(42-46-62)58-25-9-6-10-26-58)64-48-50-74-84-54-80-70-32-16-12-28-66(70)68-30-14-18-34-72(68)82(80)56-88(84)92(3,4)86(74)52-64/h5-56H,1-4H3. The number of hydrogen-bond donors (Lipinski definition) is 0. The van der Waals surface area contributed by atoms with Gasteiger partial charge in [0.05, 0.1) is 11.4 Å². The molecule has 0 unspecified atom stereocenters. The van der Waals surface area contributed by atoms with E-state index in [2.05, 4.69) is 353 Å². The molecular formula is C92H64N2. The van der Waals surface area contributed by atoms with E-state index in [-0.39, 0.29) is 10.8 Å². The highest BCUT2D eigenvalue weighted by molar-refractivity contribution is 6.28. The van der Waals surface area contributed by atoms with Crippen LogP contribution in [0, 0.1) is 0 Å². The van der Waals surface area contributed by atoms with Gasteiger partial charge in [0.1, 0.15) is 0 Å². The number of benzene rings is 17. The zero-order chi connectivity index (χ0) is 62.6. The minimum atomic E-state index is -0.309. The fourth-order valence-electron chi connectivity index (χ4n) is 16.8. The van der Waals surface area contributed by atoms with Crippen LogP contribution in [0.2, 0.25) is 0 Å². The molecule has 0 heterocycles. The van der Waals surface area contributed by atoms with Crippen LogP contribution in [0.4, 0.5) is 34.1 Å². The Balaban J connectivity index is 0.830. The second-order valence-corrected chi connectivity index (χ2v) is 27.1. The summed E-state index contributed by atoms with van der Waals surface area (Å²) in [6, 6.07) is 119. The third kappa shape index (κ3) is 7.96. The Morgan fingerprint density at radius 3 is 0.723 bits per heavy atom. The van der Waals surface area contributed by atoms with E-state index in [4.69, 9.17) is 0 Å². The molecule has 17 aromatic rings. The van der Waals surface area contributed by atoms with Crippen molar-refractivity contribution in [3.8, 4) is 44.5 Å². The lowest BCUT2D eigenvalue weighted by Gasteiger charge is -2.34. The second-order valence-electron chi connectivity index (χ2n) is 27.1. The van der Waals surface area contributed by atoms with Gasteiger partial charge in [-0.25, -0.2) is 0 Å². The molecule has 0 fully saturated rings. The SMILES string of the molecule is CC1(C)c2cc(N(c3ccc(-c4ccccc4)cc3)c3c4ccccc4c(N(c4ccc(-c5ccccc5)cc4)c4ccc5c(c4)C(C)(C)c4cc6c7ccccc7c7ccccc7c6cc4-5)c4ccccc34)ccc2-c2cc3c4ccccc4c4ccccc4c3cc21. The highest BCUT2D eigenvalue weighted by atomic mass is 15.2. The quantitative estimate of drug-likeness (QED) is 0.0850. The molecule has 2 heteroatoms. The molecular weight excluding hydrogens is 1130 g/mol. The van der Waals surface area contributed by atoms with E-state index in [1.165, 1.54) is 131 Å². The first-order valence-electron chi connectivity index (χ1n) is 33.1.